The molecule has 3 aromatic carbocycles. The number of likely N-dealkylation sites (tertiary alicyclic amines) is 2. The van der Waals surface area contributed by atoms with Crippen LogP contribution in [0.1, 0.15) is 47.9 Å². The normalized spacial score (nSPS) is 21.2. The highest BCUT2D eigenvalue weighted by molar-refractivity contribution is 7.93. The number of benzene rings is 3. The van der Waals surface area contributed by atoms with Crippen molar-refractivity contribution < 1.29 is 22.7 Å². The standard InChI is InChI=1S/C37H38N6O5S/c1-40(2)35(44)31-11-8-20-42(31)37(28-15-13-26(22-32(28)48-3)24-41-18-4-5-19-41)29-21-25(23-38)14-16-30(29)43(36(37)45)49(46,47)33-12-6-9-27-10-7-17-39-34(27)33/h6-7,9-10,12-17,21-22,31H,4-5,8,11,18-20,24H2,1-3H3/t31-,37?/m0/s1. The summed E-state index contributed by atoms with van der Waals surface area (Å²) >= 11 is 0. The van der Waals surface area contributed by atoms with Crippen molar-refractivity contribution in [3.63, 3.8) is 0 Å². The fraction of sp³-hybridized carbons (Fsp3) is 0.351. The molecule has 1 aromatic heterocycles. The molecule has 0 aliphatic carbocycles. The summed E-state index contributed by atoms with van der Waals surface area (Å²) in [6, 6.07) is 20.0. The van der Waals surface area contributed by atoms with E-state index in [0.29, 0.717) is 48.2 Å². The first-order valence-corrected chi connectivity index (χ1v) is 17.9. The number of carbonyl (C=O) groups excluding carboxylic acids is 2. The van der Waals surface area contributed by atoms with E-state index < -0.39 is 27.5 Å². The highest BCUT2D eigenvalue weighted by Crippen LogP contribution is 2.55. The fourth-order valence-corrected chi connectivity index (χ4v) is 9.44. The lowest BCUT2D eigenvalue weighted by Crippen LogP contribution is -2.59. The molecule has 2 saturated heterocycles. The lowest BCUT2D eigenvalue weighted by molar-refractivity contribution is -0.138. The Morgan fingerprint density at radius 2 is 1.80 bits per heavy atom. The van der Waals surface area contributed by atoms with Gasteiger partial charge in [0.15, 0.2) is 5.54 Å². The molecule has 0 spiro atoms. The van der Waals surface area contributed by atoms with E-state index in [2.05, 4.69) is 16.0 Å². The van der Waals surface area contributed by atoms with Crippen molar-refractivity contribution in [3.8, 4) is 11.8 Å². The summed E-state index contributed by atoms with van der Waals surface area (Å²) < 4.78 is 36.7. The minimum absolute atomic E-state index is 0.114. The maximum Gasteiger partial charge on any atom is 0.273 e. The quantitative estimate of drug-likeness (QED) is 0.269. The number of sulfonamides is 1. The van der Waals surface area contributed by atoms with Gasteiger partial charge in [-0.2, -0.15) is 5.26 Å². The number of nitriles is 1. The Kier molecular flexibility index (Phi) is 8.39. The second kappa shape index (κ2) is 12.6. The third-order valence-electron chi connectivity index (χ3n) is 10.0. The summed E-state index contributed by atoms with van der Waals surface area (Å²) in [6.45, 7) is 3.02. The van der Waals surface area contributed by atoms with Crippen molar-refractivity contribution in [2.75, 3.05) is 45.1 Å². The van der Waals surface area contributed by atoms with Crippen LogP contribution in [0.5, 0.6) is 5.75 Å². The molecule has 0 N–H and O–H groups in total. The van der Waals surface area contributed by atoms with Gasteiger partial charge < -0.3 is 9.64 Å². The van der Waals surface area contributed by atoms with Crippen LogP contribution in [0.4, 0.5) is 5.69 Å². The maximum atomic E-state index is 15.6. The smallest absolute Gasteiger partial charge is 0.273 e. The van der Waals surface area contributed by atoms with Gasteiger partial charge in [0.2, 0.25) is 5.91 Å². The van der Waals surface area contributed by atoms with Gasteiger partial charge in [0, 0.05) is 49.9 Å². The molecule has 252 valence electrons. The number of likely N-dealkylation sites (N-methyl/N-ethyl adjacent to an activating group) is 1. The zero-order valence-corrected chi connectivity index (χ0v) is 28.6. The molecule has 3 aliphatic rings. The molecule has 2 amide bonds. The Hall–Kier alpha value is -4.83. The second-order valence-corrected chi connectivity index (χ2v) is 14.8. The van der Waals surface area contributed by atoms with Crippen molar-refractivity contribution in [2.45, 2.75) is 48.7 Å². The maximum absolute atomic E-state index is 15.6. The van der Waals surface area contributed by atoms with Gasteiger partial charge in [-0.05, 0) is 80.7 Å². The molecule has 1 unspecified atom stereocenters. The van der Waals surface area contributed by atoms with Crippen molar-refractivity contribution >= 4 is 38.4 Å². The van der Waals surface area contributed by atoms with Gasteiger partial charge in [-0.3, -0.25) is 24.4 Å². The number of aromatic nitrogens is 1. The highest BCUT2D eigenvalue weighted by atomic mass is 32.2. The molecular formula is C37H38N6O5S. The first kappa shape index (κ1) is 32.7. The summed E-state index contributed by atoms with van der Waals surface area (Å²) in [5, 5.41) is 10.7. The van der Waals surface area contributed by atoms with Crippen LogP contribution in [0, 0.1) is 11.3 Å². The van der Waals surface area contributed by atoms with Gasteiger partial charge >= 0.3 is 0 Å². The van der Waals surface area contributed by atoms with Gasteiger partial charge in [0.05, 0.1) is 36.0 Å². The lowest BCUT2D eigenvalue weighted by atomic mass is 9.80. The average molecular weight is 679 g/mol. The average Bonchev–Trinajstić information content (AvgIpc) is 3.86. The number of pyridine rings is 1. The monoisotopic (exact) mass is 678 g/mol. The van der Waals surface area contributed by atoms with Crippen LogP contribution < -0.4 is 9.04 Å². The minimum atomic E-state index is -4.58. The van der Waals surface area contributed by atoms with Crippen LogP contribution in [0.25, 0.3) is 10.9 Å². The van der Waals surface area contributed by atoms with Crippen LogP contribution in [-0.4, -0.2) is 86.8 Å². The molecule has 0 saturated carbocycles. The minimum Gasteiger partial charge on any atom is -0.496 e. The fourth-order valence-electron chi connectivity index (χ4n) is 7.81. The predicted molar refractivity (Wildman–Crippen MR) is 184 cm³/mol. The van der Waals surface area contributed by atoms with Crippen molar-refractivity contribution in [3.05, 3.63) is 95.2 Å². The first-order chi connectivity index (χ1) is 23.6. The number of methoxy groups -OCH3 is 1. The summed E-state index contributed by atoms with van der Waals surface area (Å²) in [5.41, 5.74) is 0.479. The molecular weight excluding hydrogens is 641 g/mol. The van der Waals surface area contributed by atoms with E-state index in [1.54, 1.807) is 44.4 Å². The van der Waals surface area contributed by atoms with Gasteiger partial charge in [-0.1, -0.05) is 30.3 Å². The topological polar surface area (TPSA) is 127 Å². The van der Waals surface area contributed by atoms with Crippen LogP contribution in [0.2, 0.25) is 0 Å². The predicted octanol–water partition coefficient (Wildman–Crippen LogP) is 4.24. The molecule has 2 atom stereocenters. The largest absolute Gasteiger partial charge is 0.496 e. The molecule has 0 radical (unpaired) electrons. The van der Waals surface area contributed by atoms with E-state index >= 15 is 4.79 Å². The summed E-state index contributed by atoms with van der Waals surface area (Å²) in [5.74, 6) is -0.575. The van der Waals surface area contributed by atoms with Gasteiger partial charge in [-0.25, -0.2) is 12.7 Å². The molecule has 49 heavy (non-hydrogen) atoms. The molecule has 3 aliphatic heterocycles. The number of para-hydroxylation sites is 1. The van der Waals surface area contributed by atoms with E-state index in [1.165, 1.54) is 36.4 Å². The summed E-state index contributed by atoms with van der Waals surface area (Å²) in [6.07, 6.45) is 4.85. The third kappa shape index (κ3) is 5.15. The van der Waals surface area contributed by atoms with Crippen molar-refractivity contribution in [1.29, 1.82) is 5.26 Å². The van der Waals surface area contributed by atoms with Gasteiger partial charge in [0.25, 0.3) is 15.9 Å². The number of hydrogen-bond donors (Lipinski definition) is 0. The number of hydrogen-bond acceptors (Lipinski definition) is 9. The van der Waals surface area contributed by atoms with E-state index in [-0.39, 0.29) is 27.6 Å². The van der Waals surface area contributed by atoms with Crippen molar-refractivity contribution in [2.24, 2.45) is 0 Å². The summed E-state index contributed by atoms with van der Waals surface area (Å²) in [4.78, 5) is 39.4. The van der Waals surface area contributed by atoms with E-state index in [9.17, 15) is 18.5 Å². The number of amides is 2. The number of rotatable bonds is 8. The summed E-state index contributed by atoms with van der Waals surface area (Å²) in [7, 11) is 0.281. The second-order valence-electron chi connectivity index (χ2n) is 13.1. The lowest BCUT2D eigenvalue weighted by Gasteiger charge is -2.42. The Morgan fingerprint density at radius 3 is 2.53 bits per heavy atom. The molecule has 4 aromatic rings. The Balaban J connectivity index is 1.51. The third-order valence-corrected chi connectivity index (χ3v) is 11.7. The van der Waals surface area contributed by atoms with Crippen LogP contribution in [0.3, 0.4) is 0 Å². The SMILES string of the molecule is COc1cc(CN2CCCC2)ccc1C1(N2CCC[C@H]2C(=O)N(C)C)C(=O)N(S(=O)(=O)c2cccc3cccnc23)c2ccc(C#N)cc21. The Labute approximate surface area is 286 Å². The molecule has 11 nitrogen and oxygen atoms in total. The number of anilines is 1. The van der Waals surface area contributed by atoms with Crippen LogP contribution >= 0.6 is 0 Å². The van der Waals surface area contributed by atoms with E-state index in [4.69, 9.17) is 4.74 Å². The van der Waals surface area contributed by atoms with E-state index in [0.717, 1.165) is 35.8 Å². The van der Waals surface area contributed by atoms with Crippen LogP contribution in [-0.2, 0) is 31.7 Å². The molecule has 2 fully saturated rings. The molecule has 4 heterocycles. The van der Waals surface area contributed by atoms with Gasteiger partial charge in [0.1, 0.15) is 10.6 Å². The molecule has 0 bridgehead atoms. The molecule has 7 rings (SSSR count). The van der Waals surface area contributed by atoms with E-state index in [1.807, 2.05) is 23.1 Å². The Morgan fingerprint density at radius 1 is 1.02 bits per heavy atom. The zero-order chi connectivity index (χ0) is 34.5. The number of ether oxygens (including phenoxy) is 1. The van der Waals surface area contributed by atoms with Gasteiger partial charge in [-0.15, -0.1) is 0 Å². The number of nitrogens with zero attached hydrogens (tertiary/aromatic N) is 6. The highest BCUT2D eigenvalue weighted by Gasteiger charge is 2.63. The Bertz CT molecular complexity index is 2120. The van der Waals surface area contributed by atoms with Crippen molar-refractivity contribution in [1.82, 2.24) is 19.7 Å². The van der Waals surface area contributed by atoms with Crippen LogP contribution in [0.15, 0.2) is 77.8 Å². The first-order valence-electron chi connectivity index (χ1n) is 16.5. The zero-order valence-electron chi connectivity index (χ0n) is 27.8. The number of fused-ring (bicyclic) bond motifs is 2. The number of carbonyl (C=O) groups is 2. The molecule has 12 heteroatoms.